The van der Waals surface area contributed by atoms with Crippen LogP contribution in [-0.4, -0.2) is 6.04 Å². The van der Waals surface area contributed by atoms with Crippen molar-refractivity contribution < 1.29 is 0 Å². The van der Waals surface area contributed by atoms with Crippen LogP contribution < -0.4 is 5.73 Å². The van der Waals surface area contributed by atoms with E-state index in [0.717, 1.165) is 19.3 Å². The van der Waals surface area contributed by atoms with Crippen molar-refractivity contribution in [1.29, 1.82) is 0 Å². The predicted octanol–water partition coefficient (Wildman–Crippen LogP) is 3.41. The second-order valence-electron chi connectivity index (χ2n) is 3.40. The number of hydrogen-bond donors (Lipinski definition) is 1. The van der Waals surface area contributed by atoms with Gasteiger partial charge < -0.3 is 5.73 Å². The molecule has 0 aliphatic heterocycles. The summed E-state index contributed by atoms with van der Waals surface area (Å²) in [5, 5.41) is 4.33. The van der Waals surface area contributed by atoms with Crippen LogP contribution in [0.25, 0.3) is 5.57 Å². The van der Waals surface area contributed by atoms with E-state index in [-0.39, 0.29) is 0 Å². The lowest BCUT2D eigenvalue weighted by Gasteiger charge is -2.17. The van der Waals surface area contributed by atoms with E-state index in [0.29, 0.717) is 6.04 Å². The van der Waals surface area contributed by atoms with Gasteiger partial charge in [0.25, 0.3) is 0 Å². The van der Waals surface area contributed by atoms with Gasteiger partial charge in [-0.2, -0.15) is 11.3 Å². The number of halogens is 1. The van der Waals surface area contributed by atoms with E-state index >= 15 is 0 Å². The summed E-state index contributed by atoms with van der Waals surface area (Å²) in [6.45, 7) is 0. The van der Waals surface area contributed by atoms with Crippen LogP contribution in [0.15, 0.2) is 21.3 Å². The van der Waals surface area contributed by atoms with Crippen LogP contribution in [0.3, 0.4) is 0 Å². The number of allylic oxidation sites excluding steroid dienone is 1. The predicted molar refractivity (Wildman–Crippen MR) is 61.8 cm³/mol. The van der Waals surface area contributed by atoms with Gasteiger partial charge in [-0.1, -0.05) is 6.08 Å². The number of rotatable bonds is 1. The smallest absolute Gasteiger partial charge is 0.0357 e. The van der Waals surface area contributed by atoms with E-state index in [1.807, 2.05) is 0 Å². The van der Waals surface area contributed by atoms with Crippen molar-refractivity contribution in [2.24, 2.45) is 5.73 Å². The van der Waals surface area contributed by atoms with Crippen LogP contribution >= 0.6 is 27.3 Å². The van der Waals surface area contributed by atoms with Gasteiger partial charge in [-0.25, -0.2) is 0 Å². The molecule has 0 amide bonds. The molecule has 70 valence electrons. The molecule has 0 spiro atoms. The molecule has 1 atom stereocenters. The van der Waals surface area contributed by atoms with Crippen LogP contribution in [-0.2, 0) is 0 Å². The zero-order valence-corrected chi connectivity index (χ0v) is 9.70. The summed E-state index contributed by atoms with van der Waals surface area (Å²) < 4.78 is 1.22. The number of thiophene rings is 1. The monoisotopic (exact) mass is 257 g/mol. The van der Waals surface area contributed by atoms with E-state index < -0.39 is 0 Å². The summed E-state index contributed by atoms with van der Waals surface area (Å²) >= 11 is 5.30. The quantitative estimate of drug-likeness (QED) is 0.820. The van der Waals surface area contributed by atoms with Gasteiger partial charge in [-0.05, 0) is 46.1 Å². The van der Waals surface area contributed by atoms with Crippen LogP contribution in [0.1, 0.15) is 24.8 Å². The molecular weight excluding hydrogens is 246 g/mol. The van der Waals surface area contributed by atoms with Gasteiger partial charge in [0, 0.05) is 21.5 Å². The fraction of sp³-hybridized carbons (Fsp3) is 0.400. The van der Waals surface area contributed by atoms with Gasteiger partial charge in [-0.15, -0.1) is 0 Å². The first-order valence-corrected chi connectivity index (χ1v) is 6.17. The summed E-state index contributed by atoms with van der Waals surface area (Å²) in [5.74, 6) is 0. The van der Waals surface area contributed by atoms with Gasteiger partial charge in [-0.3, -0.25) is 0 Å². The molecule has 1 heterocycles. The Kier molecular flexibility index (Phi) is 2.86. The molecule has 0 saturated heterocycles. The van der Waals surface area contributed by atoms with Crippen molar-refractivity contribution in [1.82, 2.24) is 0 Å². The highest BCUT2D eigenvalue weighted by atomic mass is 79.9. The van der Waals surface area contributed by atoms with Crippen LogP contribution in [0.2, 0.25) is 0 Å². The topological polar surface area (TPSA) is 26.0 Å². The minimum absolute atomic E-state index is 0.376. The second-order valence-corrected chi connectivity index (χ2v) is 5.00. The van der Waals surface area contributed by atoms with E-state index in [9.17, 15) is 0 Å². The lowest BCUT2D eigenvalue weighted by molar-refractivity contribution is 0.614. The maximum absolute atomic E-state index is 5.83. The van der Waals surface area contributed by atoms with Gasteiger partial charge in [0.1, 0.15) is 0 Å². The highest BCUT2D eigenvalue weighted by Gasteiger charge is 2.13. The summed E-state index contributed by atoms with van der Waals surface area (Å²) in [4.78, 5) is 0. The average molecular weight is 258 g/mol. The first-order valence-electron chi connectivity index (χ1n) is 4.44. The average Bonchev–Trinajstić information content (AvgIpc) is 2.53. The molecular formula is C10H12BrNS. The lowest BCUT2D eigenvalue weighted by Crippen LogP contribution is -2.21. The molecule has 0 saturated carbocycles. The Hall–Kier alpha value is -0.120. The molecule has 2 N–H and O–H groups in total. The molecule has 1 aromatic rings. The largest absolute Gasteiger partial charge is 0.327 e. The SMILES string of the molecule is NC1CC=C(c2cscc2Br)CC1. The van der Waals surface area contributed by atoms with E-state index in [4.69, 9.17) is 5.73 Å². The molecule has 1 aliphatic carbocycles. The molecule has 0 fully saturated rings. The Morgan fingerprint density at radius 3 is 2.85 bits per heavy atom. The lowest BCUT2D eigenvalue weighted by atomic mass is 9.93. The molecule has 0 radical (unpaired) electrons. The molecule has 0 aromatic carbocycles. The highest BCUT2D eigenvalue weighted by molar-refractivity contribution is 9.10. The van der Waals surface area contributed by atoms with E-state index in [2.05, 4.69) is 32.8 Å². The van der Waals surface area contributed by atoms with Gasteiger partial charge in [0.15, 0.2) is 0 Å². The molecule has 13 heavy (non-hydrogen) atoms. The van der Waals surface area contributed by atoms with Crippen LogP contribution in [0, 0.1) is 0 Å². The number of hydrogen-bond acceptors (Lipinski definition) is 2. The first-order chi connectivity index (χ1) is 6.27. The maximum atomic E-state index is 5.83. The van der Waals surface area contributed by atoms with Crippen molar-refractivity contribution in [3.63, 3.8) is 0 Å². The normalized spacial score (nSPS) is 22.9. The fourth-order valence-corrected chi connectivity index (χ4v) is 3.18. The Morgan fingerprint density at radius 1 is 1.46 bits per heavy atom. The Morgan fingerprint density at radius 2 is 2.31 bits per heavy atom. The third-order valence-electron chi connectivity index (χ3n) is 2.41. The molecule has 1 unspecified atom stereocenters. The molecule has 2 rings (SSSR count). The first kappa shape index (κ1) is 9.44. The van der Waals surface area contributed by atoms with Crippen molar-refractivity contribution in [3.05, 3.63) is 26.9 Å². The fourth-order valence-electron chi connectivity index (χ4n) is 1.61. The molecule has 1 aromatic heterocycles. The summed E-state index contributed by atoms with van der Waals surface area (Å²) in [5.41, 5.74) is 8.65. The van der Waals surface area contributed by atoms with E-state index in [1.54, 1.807) is 11.3 Å². The second kappa shape index (κ2) is 3.95. The van der Waals surface area contributed by atoms with Crippen molar-refractivity contribution in [2.75, 3.05) is 0 Å². The minimum Gasteiger partial charge on any atom is -0.327 e. The zero-order valence-electron chi connectivity index (χ0n) is 7.29. The maximum Gasteiger partial charge on any atom is 0.0357 e. The summed E-state index contributed by atoms with van der Waals surface area (Å²) in [6.07, 6.45) is 5.54. The van der Waals surface area contributed by atoms with Crippen molar-refractivity contribution in [3.8, 4) is 0 Å². The van der Waals surface area contributed by atoms with E-state index in [1.165, 1.54) is 15.6 Å². The third kappa shape index (κ3) is 2.03. The van der Waals surface area contributed by atoms with Gasteiger partial charge in [0.2, 0.25) is 0 Å². The van der Waals surface area contributed by atoms with Crippen molar-refractivity contribution >= 4 is 32.8 Å². The highest BCUT2D eigenvalue weighted by Crippen LogP contribution is 2.33. The summed E-state index contributed by atoms with van der Waals surface area (Å²) in [7, 11) is 0. The third-order valence-corrected chi connectivity index (χ3v) is 4.11. The number of nitrogens with two attached hydrogens (primary N) is 1. The van der Waals surface area contributed by atoms with Crippen molar-refractivity contribution in [2.45, 2.75) is 25.3 Å². The Balaban J connectivity index is 2.23. The molecule has 3 heteroatoms. The van der Waals surface area contributed by atoms with Gasteiger partial charge >= 0.3 is 0 Å². The molecule has 0 bridgehead atoms. The zero-order chi connectivity index (χ0) is 9.26. The summed E-state index contributed by atoms with van der Waals surface area (Å²) in [6, 6.07) is 0.376. The van der Waals surface area contributed by atoms with Crippen LogP contribution in [0.5, 0.6) is 0 Å². The van der Waals surface area contributed by atoms with Crippen LogP contribution in [0.4, 0.5) is 0 Å². The van der Waals surface area contributed by atoms with Gasteiger partial charge in [0.05, 0.1) is 0 Å². The minimum atomic E-state index is 0.376. The Labute approximate surface area is 90.8 Å². The Bertz CT molecular complexity index is 329. The molecule has 1 nitrogen and oxygen atoms in total. The standard InChI is InChI=1S/C10H12BrNS/c11-10-6-13-5-9(10)7-1-3-8(12)4-2-7/h1,5-6,8H,2-4,12H2. The molecule has 1 aliphatic rings.